The minimum Gasteiger partial charge on any atom is -0.307 e. The molecule has 0 saturated heterocycles. The maximum absolute atomic E-state index is 13.2. The first-order valence-corrected chi connectivity index (χ1v) is 7.30. The fourth-order valence-corrected chi connectivity index (χ4v) is 3.13. The lowest BCUT2D eigenvalue weighted by Crippen LogP contribution is -2.31. The van der Waals surface area contributed by atoms with Gasteiger partial charge in [0.2, 0.25) is 0 Å². The summed E-state index contributed by atoms with van der Waals surface area (Å²) in [5, 5.41) is 3.68. The molecule has 1 aliphatic carbocycles. The number of hydrogen-bond donors (Lipinski definition) is 1. The van der Waals surface area contributed by atoms with Crippen LogP contribution in [0, 0.1) is 5.82 Å². The molecule has 2 unspecified atom stereocenters. The zero-order valence-corrected chi connectivity index (χ0v) is 11.8. The summed E-state index contributed by atoms with van der Waals surface area (Å²) in [5.74, 6) is -0.123. The maximum atomic E-state index is 13.2. The third kappa shape index (κ3) is 2.91. The van der Waals surface area contributed by atoms with Crippen molar-refractivity contribution >= 4 is 0 Å². The second kappa shape index (κ2) is 5.76. The normalized spacial score (nSPS) is 18.8. The molecule has 0 bridgehead atoms. The van der Waals surface area contributed by atoms with Crippen LogP contribution >= 0.6 is 0 Å². The second-order valence-electron chi connectivity index (χ2n) is 5.69. The smallest absolute Gasteiger partial charge is 0.123 e. The van der Waals surface area contributed by atoms with E-state index in [2.05, 4.69) is 36.5 Å². The Bertz CT molecular complexity index is 579. The molecule has 1 nitrogen and oxygen atoms in total. The van der Waals surface area contributed by atoms with Crippen molar-refractivity contribution < 1.29 is 4.39 Å². The van der Waals surface area contributed by atoms with Gasteiger partial charge in [0.25, 0.3) is 0 Å². The van der Waals surface area contributed by atoms with Gasteiger partial charge in [-0.2, -0.15) is 0 Å². The highest BCUT2D eigenvalue weighted by atomic mass is 19.1. The van der Waals surface area contributed by atoms with E-state index >= 15 is 0 Å². The van der Waals surface area contributed by atoms with E-state index in [1.165, 1.54) is 11.1 Å². The highest BCUT2D eigenvalue weighted by Gasteiger charge is 2.23. The molecule has 1 aliphatic rings. The fourth-order valence-electron chi connectivity index (χ4n) is 3.13. The van der Waals surface area contributed by atoms with Crippen LogP contribution in [0.5, 0.6) is 0 Å². The summed E-state index contributed by atoms with van der Waals surface area (Å²) in [5.41, 5.74) is 3.78. The first-order valence-electron chi connectivity index (χ1n) is 7.30. The predicted molar refractivity (Wildman–Crippen MR) is 80.2 cm³/mol. The monoisotopic (exact) mass is 269 g/mol. The van der Waals surface area contributed by atoms with Crippen molar-refractivity contribution in [1.29, 1.82) is 0 Å². The molecular formula is C18H20FN. The Labute approximate surface area is 119 Å². The molecular weight excluding hydrogens is 249 g/mol. The van der Waals surface area contributed by atoms with Crippen LogP contribution in [0.15, 0.2) is 48.5 Å². The number of fused-ring (bicyclic) bond motifs is 1. The summed E-state index contributed by atoms with van der Waals surface area (Å²) in [6, 6.07) is 16.5. The van der Waals surface area contributed by atoms with Crippen molar-refractivity contribution in [1.82, 2.24) is 5.32 Å². The van der Waals surface area contributed by atoms with Crippen molar-refractivity contribution in [3.05, 3.63) is 71.0 Å². The lowest BCUT2D eigenvalue weighted by atomic mass is 10.0. The van der Waals surface area contributed by atoms with E-state index in [0.29, 0.717) is 12.1 Å². The van der Waals surface area contributed by atoms with Crippen LogP contribution in [-0.4, -0.2) is 6.04 Å². The zero-order valence-electron chi connectivity index (χ0n) is 11.8. The Kier molecular flexibility index (Phi) is 3.83. The molecule has 0 aromatic heterocycles. The topological polar surface area (TPSA) is 12.0 Å². The molecule has 2 atom stereocenters. The van der Waals surface area contributed by atoms with Gasteiger partial charge in [0, 0.05) is 12.1 Å². The summed E-state index contributed by atoms with van der Waals surface area (Å²) in [4.78, 5) is 0. The van der Waals surface area contributed by atoms with E-state index in [0.717, 1.165) is 24.8 Å². The van der Waals surface area contributed by atoms with Gasteiger partial charge in [-0.1, -0.05) is 36.4 Å². The van der Waals surface area contributed by atoms with Crippen LogP contribution < -0.4 is 5.32 Å². The molecule has 20 heavy (non-hydrogen) atoms. The zero-order chi connectivity index (χ0) is 13.9. The average Bonchev–Trinajstić information content (AvgIpc) is 2.82. The van der Waals surface area contributed by atoms with Crippen molar-refractivity contribution in [2.45, 2.75) is 38.3 Å². The van der Waals surface area contributed by atoms with Crippen LogP contribution in [0.25, 0.3) is 0 Å². The number of halogens is 1. The minimum atomic E-state index is -0.123. The van der Waals surface area contributed by atoms with Gasteiger partial charge in [0.1, 0.15) is 5.82 Å². The van der Waals surface area contributed by atoms with Gasteiger partial charge in [0.15, 0.2) is 0 Å². The van der Waals surface area contributed by atoms with Crippen molar-refractivity contribution in [3.63, 3.8) is 0 Å². The van der Waals surface area contributed by atoms with Gasteiger partial charge in [0.05, 0.1) is 0 Å². The average molecular weight is 269 g/mol. The minimum absolute atomic E-state index is 0.123. The Morgan fingerprint density at radius 1 is 1.20 bits per heavy atom. The Hall–Kier alpha value is -1.67. The van der Waals surface area contributed by atoms with Crippen LogP contribution in [0.3, 0.4) is 0 Å². The Morgan fingerprint density at radius 3 is 2.80 bits per heavy atom. The lowest BCUT2D eigenvalue weighted by Gasteiger charge is -2.20. The van der Waals surface area contributed by atoms with Gasteiger partial charge in [-0.15, -0.1) is 0 Å². The van der Waals surface area contributed by atoms with E-state index in [9.17, 15) is 4.39 Å². The number of aryl methyl sites for hydroxylation is 1. The van der Waals surface area contributed by atoms with E-state index < -0.39 is 0 Å². The molecule has 0 spiro atoms. The van der Waals surface area contributed by atoms with E-state index in [1.54, 1.807) is 12.1 Å². The van der Waals surface area contributed by atoms with Crippen LogP contribution in [-0.2, 0) is 12.8 Å². The summed E-state index contributed by atoms with van der Waals surface area (Å²) in [6.45, 7) is 2.22. The second-order valence-corrected chi connectivity index (χ2v) is 5.69. The molecule has 3 rings (SSSR count). The SMILES string of the molecule is CC(Cc1ccccc1)NC1CCc2cc(F)ccc21. The number of nitrogens with one attached hydrogen (secondary N) is 1. The van der Waals surface area contributed by atoms with E-state index in [-0.39, 0.29) is 5.82 Å². The van der Waals surface area contributed by atoms with Gasteiger partial charge >= 0.3 is 0 Å². The summed E-state index contributed by atoms with van der Waals surface area (Å²) in [6.07, 6.45) is 3.06. The fraction of sp³-hybridized carbons (Fsp3) is 0.333. The predicted octanol–water partition coefficient (Wildman–Crippen LogP) is 4.03. The van der Waals surface area contributed by atoms with Gasteiger partial charge < -0.3 is 5.32 Å². The Balaban J connectivity index is 1.65. The third-order valence-corrected chi connectivity index (χ3v) is 4.05. The number of rotatable bonds is 4. The summed E-state index contributed by atoms with van der Waals surface area (Å²) < 4.78 is 13.2. The Morgan fingerprint density at radius 2 is 2.00 bits per heavy atom. The van der Waals surface area contributed by atoms with Gasteiger partial charge in [-0.25, -0.2) is 4.39 Å². The van der Waals surface area contributed by atoms with Crippen molar-refractivity contribution in [3.8, 4) is 0 Å². The highest BCUT2D eigenvalue weighted by molar-refractivity contribution is 5.35. The lowest BCUT2D eigenvalue weighted by molar-refractivity contribution is 0.451. The highest BCUT2D eigenvalue weighted by Crippen LogP contribution is 2.31. The quantitative estimate of drug-likeness (QED) is 0.883. The van der Waals surface area contributed by atoms with Gasteiger partial charge in [-0.05, 0) is 55.0 Å². The number of benzene rings is 2. The molecule has 0 fully saturated rings. The molecule has 0 amide bonds. The first-order chi connectivity index (χ1) is 9.72. The molecule has 0 aliphatic heterocycles. The van der Waals surface area contributed by atoms with Crippen molar-refractivity contribution in [2.75, 3.05) is 0 Å². The molecule has 2 heteroatoms. The third-order valence-electron chi connectivity index (χ3n) is 4.05. The molecule has 0 radical (unpaired) electrons. The standard InChI is InChI=1S/C18H20FN/c1-13(11-14-5-3-2-4-6-14)20-18-10-7-15-12-16(19)8-9-17(15)18/h2-6,8-9,12-13,18,20H,7,10-11H2,1H3. The summed E-state index contributed by atoms with van der Waals surface area (Å²) in [7, 11) is 0. The molecule has 104 valence electrons. The molecule has 2 aromatic rings. The molecule has 0 saturated carbocycles. The van der Waals surface area contributed by atoms with Crippen molar-refractivity contribution in [2.24, 2.45) is 0 Å². The maximum Gasteiger partial charge on any atom is 0.123 e. The first kappa shape index (κ1) is 13.3. The molecule has 1 N–H and O–H groups in total. The molecule has 2 aromatic carbocycles. The largest absolute Gasteiger partial charge is 0.307 e. The van der Waals surface area contributed by atoms with Crippen LogP contribution in [0.4, 0.5) is 4.39 Å². The van der Waals surface area contributed by atoms with Crippen LogP contribution in [0.2, 0.25) is 0 Å². The van der Waals surface area contributed by atoms with Gasteiger partial charge in [-0.3, -0.25) is 0 Å². The van der Waals surface area contributed by atoms with E-state index in [1.807, 2.05) is 12.1 Å². The van der Waals surface area contributed by atoms with E-state index in [4.69, 9.17) is 0 Å². The number of hydrogen-bond acceptors (Lipinski definition) is 1. The van der Waals surface area contributed by atoms with Crippen LogP contribution in [0.1, 0.15) is 36.1 Å². The summed E-state index contributed by atoms with van der Waals surface area (Å²) >= 11 is 0. The molecule has 0 heterocycles.